The number of nitrogens with one attached hydrogen (secondary N) is 1. The van der Waals surface area contributed by atoms with E-state index in [1.165, 1.54) is 0 Å². The van der Waals surface area contributed by atoms with Gasteiger partial charge in [-0.25, -0.2) is 0 Å². The van der Waals surface area contributed by atoms with Gasteiger partial charge in [-0.05, 0) is 31.2 Å². The smallest absolute Gasteiger partial charge is 0.280 e. The number of hydrogen-bond donors (Lipinski definition) is 2. The van der Waals surface area contributed by atoms with Crippen LogP contribution >= 0.6 is 11.6 Å². The first-order chi connectivity index (χ1) is 10.6. The molecule has 2 N–H and O–H groups in total. The number of fused-ring (bicyclic) bond motifs is 1. The van der Waals surface area contributed by atoms with Crippen LogP contribution in [0.25, 0.3) is 10.9 Å². The molecule has 6 heteroatoms. The molecule has 3 aromatic rings. The number of H-pyrrole nitrogens is 1. The number of pyridine rings is 1. The summed E-state index contributed by atoms with van der Waals surface area (Å²) in [6, 6.07) is 12.3. The van der Waals surface area contributed by atoms with Crippen molar-refractivity contribution in [2.24, 2.45) is 10.2 Å². The van der Waals surface area contributed by atoms with E-state index < -0.39 is 5.56 Å². The summed E-state index contributed by atoms with van der Waals surface area (Å²) in [5, 5.41) is 18.9. The molecule has 110 valence electrons. The van der Waals surface area contributed by atoms with Crippen molar-refractivity contribution in [3.05, 3.63) is 63.4 Å². The van der Waals surface area contributed by atoms with E-state index in [0.29, 0.717) is 21.6 Å². The quantitative estimate of drug-likeness (QED) is 0.678. The molecule has 0 aliphatic carbocycles. The van der Waals surface area contributed by atoms with Crippen LogP contribution in [-0.2, 0) is 0 Å². The predicted molar refractivity (Wildman–Crippen MR) is 86.6 cm³/mol. The van der Waals surface area contributed by atoms with E-state index in [1.807, 2.05) is 19.1 Å². The van der Waals surface area contributed by atoms with Crippen LogP contribution in [0, 0.1) is 6.92 Å². The molecule has 0 radical (unpaired) electrons. The molecule has 0 fully saturated rings. The number of rotatable bonds is 2. The molecule has 1 aromatic heterocycles. The Morgan fingerprint density at radius 2 is 1.82 bits per heavy atom. The molecule has 0 spiro atoms. The highest BCUT2D eigenvalue weighted by atomic mass is 35.5. The Hall–Kier alpha value is -2.66. The molecular weight excluding hydrogens is 302 g/mol. The number of benzene rings is 2. The van der Waals surface area contributed by atoms with E-state index in [4.69, 9.17) is 11.6 Å². The number of aromatic nitrogens is 1. The van der Waals surface area contributed by atoms with E-state index >= 15 is 0 Å². The molecule has 1 heterocycles. The first-order valence-electron chi connectivity index (χ1n) is 6.58. The van der Waals surface area contributed by atoms with Gasteiger partial charge in [0.15, 0.2) is 11.4 Å². The summed E-state index contributed by atoms with van der Waals surface area (Å²) in [6.07, 6.45) is 0. The molecule has 0 bridgehead atoms. The van der Waals surface area contributed by atoms with E-state index in [-0.39, 0.29) is 11.4 Å². The van der Waals surface area contributed by atoms with Gasteiger partial charge < -0.3 is 10.1 Å². The largest absolute Gasteiger partial charge is 0.505 e. The van der Waals surface area contributed by atoms with Crippen molar-refractivity contribution >= 4 is 33.9 Å². The lowest BCUT2D eigenvalue weighted by atomic mass is 10.2. The Bertz CT molecular complexity index is 931. The van der Waals surface area contributed by atoms with E-state index in [0.717, 1.165) is 5.56 Å². The van der Waals surface area contributed by atoms with Gasteiger partial charge in [0.05, 0.1) is 16.2 Å². The van der Waals surface area contributed by atoms with Gasteiger partial charge in [-0.15, -0.1) is 5.11 Å². The maximum absolute atomic E-state index is 12.1. The zero-order valence-corrected chi connectivity index (χ0v) is 12.4. The van der Waals surface area contributed by atoms with Crippen LogP contribution in [0.15, 0.2) is 57.5 Å². The molecule has 0 aliphatic heterocycles. The Balaban J connectivity index is 2.11. The minimum Gasteiger partial charge on any atom is -0.505 e. The zero-order valence-electron chi connectivity index (χ0n) is 11.7. The van der Waals surface area contributed by atoms with Crippen molar-refractivity contribution in [3.8, 4) is 5.75 Å². The summed E-state index contributed by atoms with van der Waals surface area (Å²) in [6.45, 7) is 1.96. The van der Waals surface area contributed by atoms with E-state index in [9.17, 15) is 9.90 Å². The number of aryl methyl sites for hydroxylation is 1. The minimum absolute atomic E-state index is 0.143. The lowest BCUT2D eigenvalue weighted by Crippen LogP contribution is -2.05. The van der Waals surface area contributed by atoms with Crippen molar-refractivity contribution in [1.82, 2.24) is 4.98 Å². The van der Waals surface area contributed by atoms with Gasteiger partial charge in [0.2, 0.25) is 0 Å². The number of para-hydroxylation sites is 1. The second-order valence-electron chi connectivity index (χ2n) is 4.85. The highest BCUT2D eigenvalue weighted by Crippen LogP contribution is 2.33. The molecule has 0 unspecified atom stereocenters. The Morgan fingerprint density at radius 1 is 1.09 bits per heavy atom. The second-order valence-corrected chi connectivity index (χ2v) is 5.26. The molecule has 0 saturated heterocycles. The van der Waals surface area contributed by atoms with Crippen molar-refractivity contribution in [2.45, 2.75) is 6.92 Å². The monoisotopic (exact) mass is 313 g/mol. The molecule has 5 nitrogen and oxygen atoms in total. The van der Waals surface area contributed by atoms with Crippen molar-refractivity contribution in [3.63, 3.8) is 0 Å². The first kappa shape index (κ1) is 14.3. The van der Waals surface area contributed by atoms with Crippen LogP contribution < -0.4 is 5.56 Å². The fourth-order valence-corrected chi connectivity index (χ4v) is 2.29. The Kier molecular flexibility index (Phi) is 3.65. The number of halogens is 1. The molecule has 0 atom stereocenters. The molecular formula is C16H12ClN3O2. The summed E-state index contributed by atoms with van der Waals surface area (Å²) in [7, 11) is 0. The maximum Gasteiger partial charge on any atom is 0.280 e. The number of nitrogens with zero attached hydrogens (tertiary/aromatic N) is 2. The molecule has 0 amide bonds. The third kappa shape index (κ3) is 2.58. The van der Waals surface area contributed by atoms with Crippen LogP contribution in [0.4, 0.5) is 11.4 Å². The highest BCUT2D eigenvalue weighted by Gasteiger charge is 2.13. The lowest BCUT2D eigenvalue weighted by Gasteiger charge is -2.04. The summed E-state index contributed by atoms with van der Waals surface area (Å²) in [5.74, 6) is -0.239. The molecule has 0 saturated carbocycles. The number of azo groups is 1. The Morgan fingerprint density at radius 3 is 2.55 bits per heavy atom. The van der Waals surface area contributed by atoms with Crippen LogP contribution in [0.3, 0.4) is 0 Å². The van der Waals surface area contributed by atoms with E-state index in [2.05, 4.69) is 15.2 Å². The number of aromatic hydroxyl groups is 1. The third-order valence-electron chi connectivity index (χ3n) is 3.25. The van der Waals surface area contributed by atoms with Gasteiger partial charge >= 0.3 is 0 Å². The average molecular weight is 314 g/mol. The summed E-state index contributed by atoms with van der Waals surface area (Å²) in [4.78, 5) is 14.7. The fraction of sp³-hybridized carbons (Fsp3) is 0.0625. The second kappa shape index (κ2) is 5.61. The SMILES string of the molecule is Cc1ccc(N=Nc2c(O)c3cccc(Cl)c3[nH]c2=O)cc1. The number of hydrogen-bond acceptors (Lipinski definition) is 4. The normalized spacial score (nSPS) is 11.4. The Labute approximate surface area is 130 Å². The standard InChI is InChI=1S/C16H12ClN3O2/c1-9-5-7-10(8-6-9)19-20-14-15(21)11-3-2-4-12(17)13(11)18-16(14)22/h2-8H,1H3,(H2,18,21,22). The van der Waals surface area contributed by atoms with Gasteiger partial charge in [0, 0.05) is 5.39 Å². The van der Waals surface area contributed by atoms with E-state index in [1.54, 1.807) is 30.3 Å². The van der Waals surface area contributed by atoms with Gasteiger partial charge in [-0.2, -0.15) is 5.11 Å². The van der Waals surface area contributed by atoms with Crippen LogP contribution in [-0.4, -0.2) is 10.1 Å². The van der Waals surface area contributed by atoms with Crippen molar-refractivity contribution in [1.29, 1.82) is 0 Å². The van der Waals surface area contributed by atoms with Gasteiger partial charge in [0.25, 0.3) is 5.56 Å². The summed E-state index contributed by atoms with van der Waals surface area (Å²) < 4.78 is 0. The van der Waals surface area contributed by atoms with Crippen molar-refractivity contribution < 1.29 is 5.11 Å². The van der Waals surface area contributed by atoms with Gasteiger partial charge in [-0.1, -0.05) is 35.4 Å². The minimum atomic E-state index is -0.547. The van der Waals surface area contributed by atoms with Crippen LogP contribution in [0.1, 0.15) is 5.56 Å². The number of aromatic amines is 1. The average Bonchev–Trinajstić information content (AvgIpc) is 2.50. The topological polar surface area (TPSA) is 77.8 Å². The summed E-state index contributed by atoms with van der Waals surface area (Å²) in [5.41, 5.74) is 1.38. The van der Waals surface area contributed by atoms with Crippen LogP contribution in [0.5, 0.6) is 5.75 Å². The molecule has 0 aliphatic rings. The highest BCUT2D eigenvalue weighted by molar-refractivity contribution is 6.35. The van der Waals surface area contributed by atoms with Crippen molar-refractivity contribution in [2.75, 3.05) is 0 Å². The fourth-order valence-electron chi connectivity index (χ4n) is 2.07. The first-order valence-corrected chi connectivity index (χ1v) is 6.96. The maximum atomic E-state index is 12.1. The summed E-state index contributed by atoms with van der Waals surface area (Å²) >= 11 is 6.01. The van der Waals surface area contributed by atoms with Crippen LogP contribution in [0.2, 0.25) is 5.02 Å². The predicted octanol–water partition coefficient (Wildman–Crippen LogP) is 4.61. The molecule has 3 rings (SSSR count). The van der Waals surface area contributed by atoms with Gasteiger partial charge in [-0.3, -0.25) is 4.79 Å². The molecule has 22 heavy (non-hydrogen) atoms. The molecule has 2 aromatic carbocycles. The zero-order chi connectivity index (χ0) is 15.7. The van der Waals surface area contributed by atoms with Gasteiger partial charge in [0.1, 0.15) is 0 Å². The third-order valence-corrected chi connectivity index (χ3v) is 3.56. The lowest BCUT2D eigenvalue weighted by molar-refractivity contribution is 0.481.